The molecule has 4 aromatic carbocycles. The molecular formula is C29H25N3O4S. The number of hydrogen-bond acceptors (Lipinski definition) is 4. The molecule has 0 aliphatic heterocycles. The monoisotopic (exact) mass is 511 g/mol. The zero-order chi connectivity index (χ0) is 26.0. The van der Waals surface area contributed by atoms with Crippen LogP contribution in [0.1, 0.15) is 22.7 Å². The number of rotatable bonds is 6. The molecule has 7 nitrogen and oxygen atoms in total. The van der Waals surface area contributed by atoms with Gasteiger partial charge in [0.1, 0.15) is 11.7 Å². The van der Waals surface area contributed by atoms with Crippen molar-refractivity contribution in [2.24, 2.45) is 0 Å². The number of sulfonamides is 1. The minimum absolute atomic E-state index is 0.0482. The first kappa shape index (κ1) is 24.1. The topological polar surface area (TPSA) is 93.3 Å². The number of nitrogens with zero attached hydrogens (tertiary/aromatic N) is 2. The number of benzene rings is 4. The molecule has 8 heteroatoms. The maximum atomic E-state index is 13.4. The summed E-state index contributed by atoms with van der Waals surface area (Å²) in [7, 11) is -4.18. The minimum Gasteiger partial charge on any atom is -0.492 e. The van der Waals surface area contributed by atoms with Gasteiger partial charge in [-0.3, -0.25) is 4.68 Å². The predicted molar refractivity (Wildman–Crippen MR) is 142 cm³/mol. The third-order valence-electron chi connectivity index (χ3n) is 6.12. The fourth-order valence-electron chi connectivity index (χ4n) is 4.34. The highest BCUT2D eigenvalue weighted by Gasteiger charge is 2.34. The average molecular weight is 512 g/mol. The lowest BCUT2D eigenvalue weighted by molar-refractivity contribution is 0.227. The maximum Gasteiger partial charge on any atom is 0.357 e. The fourth-order valence-corrected chi connectivity index (χ4v) is 5.26. The van der Waals surface area contributed by atoms with Crippen molar-refractivity contribution in [1.82, 2.24) is 14.1 Å². The molecular weight excluding hydrogens is 486 g/mol. The maximum absolute atomic E-state index is 13.4. The highest BCUT2D eigenvalue weighted by atomic mass is 32.2. The molecule has 0 saturated heterocycles. The van der Waals surface area contributed by atoms with Crippen molar-refractivity contribution >= 4 is 16.1 Å². The Morgan fingerprint density at radius 3 is 1.76 bits per heavy atom. The molecule has 0 aliphatic carbocycles. The third-order valence-corrected chi connectivity index (χ3v) is 7.46. The van der Waals surface area contributed by atoms with E-state index in [0.717, 1.165) is 21.4 Å². The smallest absolute Gasteiger partial charge is 0.357 e. The van der Waals surface area contributed by atoms with E-state index in [4.69, 9.17) is 0 Å². The van der Waals surface area contributed by atoms with E-state index in [1.54, 1.807) is 16.8 Å². The Labute approximate surface area is 215 Å². The first-order chi connectivity index (χ1) is 17.9. The fraction of sp³-hybridized carbons (Fsp3) is 0.0690. The molecule has 5 aromatic rings. The van der Waals surface area contributed by atoms with Crippen LogP contribution in [0.3, 0.4) is 0 Å². The molecule has 1 heterocycles. The Bertz CT molecular complexity index is 1580. The largest absolute Gasteiger partial charge is 0.492 e. The second-order valence-corrected chi connectivity index (χ2v) is 10.3. The third kappa shape index (κ3) is 4.66. The molecule has 0 unspecified atom stereocenters. The van der Waals surface area contributed by atoms with Crippen molar-refractivity contribution in [2.75, 3.05) is 0 Å². The van der Waals surface area contributed by atoms with Gasteiger partial charge in [0, 0.05) is 5.56 Å². The summed E-state index contributed by atoms with van der Waals surface area (Å²) in [5.74, 6) is -0.348. The summed E-state index contributed by atoms with van der Waals surface area (Å²) in [5, 5.41) is 11.1. The Morgan fingerprint density at radius 1 is 0.757 bits per heavy atom. The Morgan fingerprint density at radius 2 is 1.24 bits per heavy atom. The Kier molecular flexibility index (Phi) is 6.42. The van der Waals surface area contributed by atoms with Crippen molar-refractivity contribution < 1.29 is 18.3 Å². The van der Waals surface area contributed by atoms with Gasteiger partial charge in [0.25, 0.3) is 10.0 Å². The number of aryl methyl sites for hydroxylation is 1. The van der Waals surface area contributed by atoms with E-state index in [2.05, 4.69) is 4.72 Å². The molecule has 0 saturated carbocycles. The van der Waals surface area contributed by atoms with Crippen molar-refractivity contribution in [3.63, 3.8) is 0 Å². The molecule has 0 radical (unpaired) electrons. The van der Waals surface area contributed by atoms with Crippen LogP contribution < -0.4 is 4.72 Å². The molecule has 1 amide bonds. The van der Waals surface area contributed by atoms with Gasteiger partial charge in [0.2, 0.25) is 5.88 Å². The van der Waals surface area contributed by atoms with Crippen molar-refractivity contribution in [2.45, 2.75) is 17.9 Å². The first-order valence-corrected chi connectivity index (χ1v) is 13.2. The van der Waals surface area contributed by atoms with Crippen LogP contribution in [-0.4, -0.2) is 28.9 Å². The van der Waals surface area contributed by atoms with Gasteiger partial charge in [-0.1, -0.05) is 109 Å². The molecule has 0 bridgehead atoms. The van der Waals surface area contributed by atoms with E-state index in [-0.39, 0.29) is 10.8 Å². The molecule has 0 fully saturated rings. The van der Waals surface area contributed by atoms with Gasteiger partial charge in [-0.2, -0.15) is 4.68 Å². The Hall–Kier alpha value is -4.56. The molecule has 0 spiro atoms. The molecule has 37 heavy (non-hydrogen) atoms. The number of hydrogen-bond donors (Lipinski definition) is 2. The molecule has 1 aromatic heterocycles. The van der Waals surface area contributed by atoms with Crippen molar-refractivity contribution in [1.29, 1.82) is 0 Å². The highest BCUT2D eigenvalue weighted by Crippen LogP contribution is 2.40. The van der Waals surface area contributed by atoms with E-state index in [0.29, 0.717) is 11.3 Å². The molecule has 5 rings (SSSR count). The van der Waals surface area contributed by atoms with Gasteiger partial charge in [-0.15, -0.1) is 0 Å². The van der Waals surface area contributed by atoms with E-state index in [1.807, 2.05) is 97.9 Å². The zero-order valence-corrected chi connectivity index (χ0v) is 20.8. The minimum atomic E-state index is -4.18. The molecule has 0 atom stereocenters. The predicted octanol–water partition coefficient (Wildman–Crippen LogP) is 5.55. The molecule has 2 N–H and O–H groups in total. The number of amides is 1. The van der Waals surface area contributed by atoms with Gasteiger partial charge in [-0.25, -0.2) is 17.9 Å². The number of carbonyl (C=O) groups is 1. The second kappa shape index (κ2) is 9.83. The van der Waals surface area contributed by atoms with Gasteiger partial charge in [-0.05, 0) is 30.2 Å². The summed E-state index contributed by atoms with van der Waals surface area (Å²) in [6.45, 7) is 1.84. The quantitative estimate of drug-likeness (QED) is 0.312. The van der Waals surface area contributed by atoms with Crippen LogP contribution in [0, 0.1) is 6.92 Å². The summed E-state index contributed by atoms with van der Waals surface area (Å²) in [6.07, 6.45) is 0. The summed E-state index contributed by atoms with van der Waals surface area (Å²) in [5.41, 5.74) is 3.69. The lowest BCUT2D eigenvalue weighted by Gasteiger charge is -2.34. The average Bonchev–Trinajstić information content (AvgIpc) is 2.90. The standard InChI is InChI=1S/C29H25N3O4S/c1-21-17-19-25(20-18-21)37(35,36)30-29(34)32-28(33)27(24-15-9-4-10-16-24)31(32)26(22-11-5-2-6-12-22)23-13-7-3-8-14-23/h2-20,26,33H,1H3,(H,30,34). The number of aromatic nitrogens is 2. The Balaban J connectivity index is 1.66. The first-order valence-electron chi connectivity index (χ1n) is 11.7. The van der Waals surface area contributed by atoms with Crippen LogP contribution in [0.25, 0.3) is 11.3 Å². The van der Waals surface area contributed by atoms with Crippen LogP contribution in [0.2, 0.25) is 0 Å². The summed E-state index contributed by atoms with van der Waals surface area (Å²) in [6, 6.07) is 32.9. The van der Waals surface area contributed by atoms with Gasteiger partial charge >= 0.3 is 6.03 Å². The van der Waals surface area contributed by atoms with Crippen LogP contribution in [-0.2, 0) is 10.0 Å². The van der Waals surface area contributed by atoms with Gasteiger partial charge in [0.05, 0.1) is 4.90 Å². The summed E-state index contributed by atoms with van der Waals surface area (Å²) >= 11 is 0. The second-order valence-electron chi connectivity index (χ2n) is 8.64. The van der Waals surface area contributed by atoms with Crippen LogP contribution >= 0.6 is 0 Å². The summed E-state index contributed by atoms with van der Waals surface area (Å²) in [4.78, 5) is 13.4. The SMILES string of the molecule is Cc1ccc(S(=O)(=O)NC(=O)n2c(O)c(-c3ccccc3)n2C(c2ccccc2)c2ccccc2)cc1. The number of aromatic hydroxyl groups is 1. The van der Waals surface area contributed by atoms with Crippen LogP contribution in [0.4, 0.5) is 4.79 Å². The summed E-state index contributed by atoms with van der Waals surface area (Å²) < 4.78 is 30.7. The van der Waals surface area contributed by atoms with Gasteiger partial charge < -0.3 is 5.11 Å². The lowest BCUT2D eigenvalue weighted by atomic mass is 9.97. The number of nitrogens with one attached hydrogen (secondary N) is 1. The van der Waals surface area contributed by atoms with Crippen LogP contribution in [0.5, 0.6) is 5.88 Å². The zero-order valence-electron chi connectivity index (χ0n) is 20.0. The van der Waals surface area contributed by atoms with E-state index in [1.165, 1.54) is 12.1 Å². The normalized spacial score (nSPS) is 11.5. The van der Waals surface area contributed by atoms with E-state index < -0.39 is 22.1 Å². The van der Waals surface area contributed by atoms with Crippen molar-refractivity contribution in [3.05, 3.63) is 132 Å². The number of carbonyl (C=O) groups excluding carboxylic acids is 1. The lowest BCUT2D eigenvalue weighted by Crippen LogP contribution is -2.42. The molecule has 0 aliphatic rings. The van der Waals surface area contributed by atoms with E-state index >= 15 is 0 Å². The van der Waals surface area contributed by atoms with Crippen LogP contribution in [0.15, 0.2) is 120 Å². The van der Waals surface area contributed by atoms with Gasteiger partial charge in [0.15, 0.2) is 0 Å². The van der Waals surface area contributed by atoms with E-state index in [9.17, 15) is 18.3 Å². The highest BCUT2D eigenvalue weighted by molar-refractivity contribution is 7.90. The van der Waals surface area contributed by atoms with Crippen molar-refractivity contribution in [3.8, 4) is 17.1 Å². The molecule has 186 valence electrons.